The smallest absolute Gasteiger partial charge is 0.136 e. The van der Waals surface area contributed by atoms with E-state index in [9.17, 15) is 10.2 Å². The molecule has 1 aliphatic rings. The second-order valence-corrected chi connectivity index (χ2v) is 4.10. The molecule has 1 saturated heterocycles. The minimum atomic E-state index is -0.255. The van der Waals surface area contributed by atoms with E-state index < -0.39 is 0 Å². The van der Waals surface area contributed by atoms with E-state index in [1.165, 1.54) is 0 Å². The average Bonchev–Trinajstić information content (AvgIpc) is 2.24. The molecule has 4 heteroatoms. The Hall–Kier alpha value is -1.81. The Morgan fingerprint density at radius 2 is 2.06 bits per heavy atom. The summed E-state index contributed by atoms with van der Waals surface area (Å²) < 4.78 is 0. The number of phenolic OH excluding ortho intramolecular Hbond substituents is 1. The van der Waals surface area contributed by atoms with Crippen LogP contribution in [-0.4, -0.2) is 34.4 Å². The second-order valence-electron chi connectivity index (χ2n) is 4.10. The van der Waals surface area contributed by atoms with Crippen LogP contribution in [0, 0.1) is 0 Å². The van der Waals surface area contributed by atoms with E-state index in [1.807, 2.05) is 17.0 Å². The highest BCUT2D eigenvalue weighted by Gasteiger charge is 2.26. The van der Waals surface area contributed by atoms with Gasteiger partial charge in [-0.1, -0.05) is 6.07 Å². The molecule has 1 fully saturated rings. The zero-order valence-corrected chi connectivity index (χ0v) is 8.67. The summed E-state index contributed by atoms with van der Waals surface area (Å²) in [7, 11) is 0. The number of pyridine rings is 1. The topological polar surface area (TPSA) is 56.6 Å². The molecular weight excluding hydrogens is 204 g/mol. The molecular formula is C12H12N2O2. The molecule has 2 heterocycles. The molecule has 82 valence electrons. The van der Waals surface area contributed by atoms with Gasteiger partial charge in [0.05, 0.1) is 6.10 Å². The lowest BCUT2D eigenvalue weighted by atomic mass is 10.1. The first-order chi connectivity index (χ1) is 7.74. The summed E-state index contributed by atoms with van der Waals surface area (Å²) in [6, 6.07) is 7.15. The zero-order chi connectivity index (χ0) is 11.1. The van der Waals surface area contributed by atoms with E-state index >= 15 is 0 Å². The molecule has 3 rings (SSSR count). The largest absolute Gasteiger partial charge is 0.508 e. The zero-order valence-electron chi connectivity index (χ0n) is 8.67. The van der Waals surface area contributed by atoms with Gasteiger partial charge in [-0.2, -0.15) is 0 Å². The first kappa shape index (κ1) is 9.42. The van der Waals surface area contributed by atoms with Crippen molar-refractivity contribution >= 4 is 16.6 Å². The fourth-order valence-electron chi connectivity index (χ4n) is 2.02. The Labute approximate surface area is 92.8 Å². The molecule has 0 amide bonds. The molecule has 16 heavy (non-hydrogen) atoms. The van der Waals surface area contributed by atoms with Crippen molar-refractivity contribution in [3.63, 3.8) is 0 Å². The maximum Gasteiger partial charge on any atom is 0.136 e. The van der Waals surface area contributed by atoms with Crippen LogP contribution in [0.5, 0.6) is 5.75 Å². The van der Waals surface area contributed by atoms with Crippen LogP contribution in [0.4, 0.5) is 5.82 Å². The summed E-state index contributed by atoms with van der Waals surface area (Å²) in [5.41, 5.74) is 0. The molecule has 1 aromatic carbocycles. The monoisotopic (exact) mass is 216 g/mol. The van der Waals surface area contributed by atoms with Gasteiger partial charge in [-0.15, -0.1) is 0 Å². The standard InChI is InChI=1S/C12H12N2O2/c15-9-2-1-8-3-4-13-12(11(8)5-9)14-6-10(16)7-14/h1-5,10,15-16H,6-7H2. The van der Waals surface area contributed by atoms with Crippen molar-refractivity contribution < 1.29 is 10.2 Å². The molecule has 0 radical (unpaired) electrons. The summed E-state index contributed by atoms with van der Waals surface area (Å²) in [5.74, 6) is 1.07. The highest BCUT2D eigenvalue weighted by molar-refractivity contribution is 5.93. The number of aromatic nitrogens is 1. The van der Waals surface area contributed by atoms with Crippen molar-refractivity contribution in [1.82, 2.24) is 4.98 Å². The summed E-state index contributed by atoms with van der Waals surface area (Å²) in [4.78, 5) is 6.31. The Balaban J connectivity index is 2.13. The number of hydrogen-bond donors (Lipinski definition) is 2. The van der Waals surface area contributed by atoms with Crippen LogP contribution in [0.2, 0.25) is 0 Å². The average molecular weight is 216 g/mol. The van der Waals surface area contributed by atoms with Crippen LogP contribution < -0.4 is 4.90 Å². The van der Waals surface area contributed by atoms with Gasteiger partial charge in [0.25, 0.3) is 0 Å². The number of rotatable bonds is 1. The van der Waals surface area contributed by atoms with Crippen molar-refractivity contribution in [3.05, 3.63) is 30.5 Å². The van der Waals surface area contributed by atoms with Crippen LogP contribution in [-0.2, 0) is 0 Å². The third-order valence-electron chi connectivity index (χ3n) is 2.89. The Kier molecular flexibility index (Phi) is 1.97. The lowest BCUT2D eigenvalue weighted by Crippen LogP contribution is -2.51. The highest BCUT2D eigenvalue weighted by Crippen LogP contribution is 2.29. The minimum Gasteiger partial charge on any atom is -0.508 e. The maximum absolute atomic E-state index is 9.48. The molecule has 0 atom stereocenters. The van der Waals surface area contributed by atoms with Crippen molar-refractivity contribution in [1.29, 1.82) is 0 Å². The molecule has 0 bridgehead atoms. The van der Waals surface area contributed by atoms with E-state index in [2.05, 4.69) is 4.98 Å². The van der Waals surface area contributed by atoms with Gasteiger partial charge in [0.2, 0.25) is 0 Å². The fourth-order valence-corrected chi connectivity index (χ4v) is 2.02. The van der Waals surface area contributed by atoms with E-state index in [-0.39, 0.29) is 11.9 Å². The maximum atomic E-state index is 9.48. The minimum absolute atomic E-state index is 0.239. The SMILES string of the molecule is Oc1ccc2ccnc(N3CC(O)C3)c2c1. The Bertz CT molecular complexity index is 536. The van der Waals surface area contributed by atoms with Crippen LogP contribution >= 0.6 is 0 Å². The van der Waals surface area contributed by atoms with Gasteiger partial charge in [0.15, 0.2) is 0 Å². The molecule has 0 saturated carbocycles. The number of aliphatic hydroxyl groups is 1. The summed E-state index contributed by atoms with van der Waals surface area (Å²) >= 11 is 0. The lowest BCUT2D eigenvalue weighted by Gasteiger charge is -2.37. The van der Waals surface area contributed by atoms with Gasteiger partial charge in [-0.3, -0.25) is 0 Å². The number of hydrogen-bond acceptors (Lipinski definition) is 4. The van der Waals surface area contributed by atoms with E-state index in [0.717, 1.165) is 16.6 Å². The molecule has 4 nitrogen and oxygen atoms in total. The van der Waals surface area contributed by atoms with Gasteiger partial charge < -0.3 is 15.1 Å². The second kappa shape index (κ2) is 3.35. The highest BCUT2D eigenvalue weighted by atomic mass is 16.3. The van der Waals surface area contributed by atoms with Gasteiger partial charge in [-0.05, 0) is 23.6 Å². The number of fused-ring (bicyclic) bond motifs is 1. The van der Waals surface area contributed by atoms with Crippen molar-refractivity contribution in [2.45, 2.75) is 6.10 Å². The van der Waals surface area contributed by atoms with Crippen LogP contribution in [0.1, 0.15) is 0 Å². The summed E-state index contributed by atoms with van der Waals surface area (Å²) in [6.45, 7) is 1.23. The first-order valence-corrected chi connectivity index (χ1v) is 5.25. The van der Waals surface area contributed by atoms with Crippen molar-refractivity contribution in [3.8, 4) is 5.75 Å². The molecule has 0 spiro atoms. The number of phenols is 1. The Morgan fingerprint density at radius 3 is 2.81 bits per heavy atom. The first-order valence-electron chi connectivity index (χ1n) is 5.25. The third kappa shape index (κ3) is 1.39. The number of anilines is 1. The van der Waals surface area contributed by atoms with Gasteiger partial charge >= 0.3 is 0 Å². The predicted octanol–water partition coefficient (Wildman–Crippen LogP) is 1.12. The molecule has 2 N–H and O–H groups in total. The Morgan fingerprint density at radius 1 is 1.25 bits per heavy atom. The van der Waals surface area contributed by atoms with Crippen molar-refractivity contribution in [2.24, 2.45) is 0 Å². The number of nitrogens with zero attached hydrogens (tertiary/aromatic N) is 2. The number of β-amino-alcohol motifs (C(OH)–C–C–N with tert-alkyl or cyclic N) is 1. The van der Waals surface area contributed by atoms with Crippen LogP contribution in [0.25, 0.3) is 10.8 Å². The molecule has 1 aliphatic heterocycles. The predicted molar refractivity (Wildman–Crippen MR) is 61.6 cm³/mol. The normalized spacial score (nSPS) is 16.4. The third-order valence-corrected chi connectivity index (χ3v) is 2.89. The van der Waals surface area contributed by atoms with E-state index in [1.54, 1.807) is 18.3 Å². The van der Waals surface area contributed by atoms with E-state index in [0.29, 0.717) is 13.1 Å². The molecule has 2 aromatic rings. The molecule has 1 aromatic heterocycles. The van der Waals surface area contributed by atoms with Crippen LogP contribution in [0.15, 0.2) is 30.5 Å². The van der Waals surface area contributed by atoms with Gasteiger partial charge in [0, 0.05) is 24.7 Å². The lowest BCUT2D eigenvalue weighted by molar-refractivity contribution is 0.141. The fraction of sp³-hybridized carbons (Fsp3) is 0.250. The van der Waals surface area contributed by atoms with Crippen LogP contribution in [0.3, 0.4) is 0 Å². The van der Waals surface area contributed by atoms with Crippen molar-refractivity contribution in [2.75, 3.05) is 18.0 Å². The number of aromatic hydroxyl groups is 1. The van der Waals surface area contributed by atoms with Gasteiger partial charge in [-0.25, -0.2) is 4.98 Å². The number of benzene rings is 1. The van der Waals surface area contributed by atoms with Gasteiger partial charge in [0.1, 0.15) is 11.6 Å². The summed E-state index contributed by atoms with van der Waals surface area (Å²) in [6.07, 6.45) is 1.49. The van der Waals surface area contributed by atoms with E-state index in [4.69, 9.17) is 0 Å². The molecule has 0 unspecified atom stereocenters. The number of aliphatic hydroxyl groups excluding tert-OH is 1. The summed E-state index contributed by atoms with van der Waals surface area (Å²) in [5, 5.41) is 20.7. The quantitative estimate of drug-likeness (QED) is 0.750. The molecule has 0 aliphatic carbocycles.